The molecule has 76 valence electrons. The summed E-state index contributed by atoms with van der Waals surface area (Å²) in [6.07, 6.45) is 1.40. The highest BCUT2D eigenvalue weighted by Gasteiger charge is 2.20. The summed E-state index contributed by atoms with van der Waals surface area (Å²) in [7, 11) is 0. The fourth-order valence-corrected chi connectivity index (χ4v) is 1.22. The molecular formula is C10H12ClFN2. The lowest BCUT2D eigenvalue weighted by atomic mass is 10.0. The van der Waals surface area contributed by atoms with Crippen molar-refractivity contribution in [2.24, 2.45) is 5.73 Å². The van der Waals surface area contributed by atoms with Gasteiger partial charge in [-0.25, -0.2) is 9.37 Å². The van der Waals surface area contributed by atoms with Crippen LogP contribution in [0.1, 0.15) is 25.0 Å². The fourth-order valence-electron chi connectivity index (χ4n) is 0.998. The molecule has 0 amide bonds. The second kappa shape index (κ2) is 3.58. The van der Waals surface area contributed by atoms with Crippen molar-refractivity contribution in [3.05, 3.63) is 35.1 Å². The summed E-state index contributed by atoms with van der Waals surface area (Å²) in [5.41, 5.74) is 5.23. The summed E-state index contributed by atoms with van der Waals surface area (Å²) in [6, 6.07) is 1.57. The minimum Gasteiger partial charge on any atom is -0.399 e. The Morgan fingerprint density at radius 2 is 2.21 bits per heavy atom. The predicted octanol–water partition coefficient (Wildman–Crippen LogP) is 2.87. The molecule has 1 rings (SSSR count). The monoisotopic (exact) mass is 214 g/mol. The molecule has 0 saturated heterocycles. The maximum atomic E-state index is 13.5. The minimum absolute atomic E-state index is 0.241. The van der Waals surface area contributed by atoms with Gasteiger partial charge in [0.05, 0.1) is 0 Å². The maximum absolute atomic E-state index is 13.5. The average molecular weight is 215 g/mol. The van der Waals surface area contributed by atoms with Gasteiger partial charge in [-0.3, -0.25) is 0 Å². The molecule has 0 atom stereocenters. The van der Waals surface area contributed by atoms with Gasteiger partial charge in [0, 0.05) is 23.0 Å². The number of nitrogens with zero attached hydrogens (tertiary/aromatic N) is 1. The molecule has 1 aromatic heterocycles. The van der Waals surface area contributed by atoms with E-state index < -0.39 is 5.67 Å². The van der Waals surface area contributed by atoms with Gasteiger partial charge in [0.25, 0.3) is 0 Å². The van der Waals surface area contributed by atoms with Crippen molar-refractivity contribution in [1.82, 2.24) is 4.98 Å². The summed E-state index contributed by atoms with van der Waals surface area (Å²) < 4.78 is 13.5. The normalized spacial score (nSPS) is 11.4. The number of hydrogen-bond acceptors (Lipinski definition) is 2. The van der Waals surface area contributed by atoms with Crippen LogP contribution in [0.3, 0.4) is 0 Å². The standard InChI is InChI=1S/C10H12ClFN2/c1-6(13)8-4-7(10(2,3)12)5-14-9(8)11/h4-5H,1,13H2,2-3H3. The first-order valence-corrected chi connectivity index (χ1v) is 4.50. The molecule has 4 heteroatoms. The smallest absolute Gasteiger partial charge is 0.138 e. The predicted molar refractivity (Wildman–Crippen MR) is 56.6 cm³/mol. The number of aromatic nitrogens is 1. The number of halogens is 2. The van der Waals surface area contributed by atoms with Crippen LogP contribution in [0.2, 0.25) is 5.15 Å². The zero-order chi connectivity index (χ0) is 10.9. The Balaban J connectivity index is 3.27. The van der Waals surface area contributed by atoms with E-state index in [1.165, 1.54) is 20.0 Å². The molecule has 2 N–H and O–H groups in total. The molecule has 0 bridgehead atoms. The van der Waals surface area contributed by atoms with E-state index in [0.29, 0.717) is 11.1 Å². The SMILES string of the molecule is C=C(N)c1cc(C(C)(C)F)cnc1Cl. The van der Waals surface area contributed by atoms with Gasteiger partial charge in [-0.05, 0) is 19.9 Å². The second-order valence-corrected chi connectivity index (χ2v) is 3.92. The van der Waals surface area contributed by atoms with Crippen molar-refractivity contribution < 1.29 is 4.39 Å². The van der Waals surface area contributed by atoms with Crippen molar-refractivity contribution in [3.8, 4) is 0 Å². The van der Waals surface area contributed by atoms with E-state index in [-0.39, 0.29) is 10.9 Å². The Morgan fingerprint density at radius 1 is 1.64 bits per heavy atom. The minimum atomic E-state index is -1.46. The van der Waals surface area contributed by atoms with Gasteiger partial charge in [-0.1, -0.05) is 18.2 Å². The molecular weight excluding hydrogens is 203 g/mol. The van der Waals surface area contributed by atoms with E-state index in [1.54, 1.807) is 6.07 Å². The van der Waals surface area contributed by atoms with Crippen LogP contribution in [-0.2, 0) is 5.67 Å². The Morgan fingerprint density at radius 3 is 2.64 bits per heavy atom. The Labute approximate surface area is 87.6 Å². The van der Waals surface area contributed by atoms with Crippen molar-refractivity contribution in [1.29, 1.82) is 0 Å². The Bertz CT molecular complexity index is 369. The van der Waals surface area contributed by atoms with Crippen LogP contribution in [0.15, 0.2) is 18.8 Å². The largest absolute Gasteiger partial charge is 0.399 e. The van der Waals surface area contributed by atoms with E-state index in [2.05, 4.69) is 11.6 Å². The van der Waals surface area contributed by atoms with Crippen LogP contribution in [0.25, 0.3) is 5.70 Å². The van der Waals surface area contributed by atoms with Crippen LogP contribution < -0.4 is 5.73 Å². The first kappa shape index (κ1) is 11.0. The fraction of sp³-hybridized carbons (Fsp3) is 0.300. The first-order chi connectivity index (χ1) is 6.32. The van der Waals surface area contributed by atoms with Crippen molar-refractivity contribution in [2.75, 3.05) is 0 Å². The maximum Gasteiger partial charge on any atom is 0.138 e. The molecule has 0 aliphatic rings. The van der Waals surface area contributed by atoms with Gasteiger partial charge in [0.2, 0.25) is 0 Å². The number of nitrogens with two attached hydrogens (primary N) is 1. The molecule has 0 aliphatic carbocycles. The molecule has 0 spiro atoms. The van der Waals surface area contributed by atoms with Gasteiger partial charge in [-0.2, -0.15) is 0 Å². The van der Waals surface area contributed by atoms with Crippen molar-refractivity contribution in [2.45, 2.75) is 19.5 Å². The highest BCUT2D eigenvalue weighted by Crippen LogP contribution is 2.28. The third kappa shape index (κ3) is 2.23. The summed E-state index contributed by atoms with van der Waals surface area (Å²) in [5.74, 6) is 0. The molecule has 0 fully saturated rings. The van der Waals surface area contributed by atoms with Gasteiger partial charge >= 0.3 is 0 Å². The Kier molecular flexibility index (Phi) is 2.81. The summed E-state index contributed by atoms with van der Waals surface area (Å²) in [6.45, 7) is 6.43. The molecule has 0 radical (unpaired) electrons. The molecule has 1 aromatic rings. The van der Waals surface area contributed by atoms with Crippen LogP contribution in [0, 0.1) is 0 Å². The lowest BCUT2D eigenvalue weighted by Gasteiger charge is -2.15. The van der Waals surface area contributed by atoms with E-state index >= 15 is 0 Å². The second-order valence-electron chi connectivity index (χ2n) is 3.56. The molecule has 0 saturated carbocycles. The van der Waals surface area contributed by atoms with Gasteiger partial charge < -0.3 is 5.73 Å². The Hall–Kier alpha value is -1.09. The average Bonchev–Trinajstić information content (AvgIpc) is 2.02. The summed E-state index contributed by atoms with van der Waals surface area (Å²) >= 11 is 5.77. The van der Waals surface area contributed by atoms with Crippen molar-refractivity contribution in [3.63, 3.8) is 0 Å². The lowest BCUT2D eigenvalue weighted by molar-refractivity contribution is 0.221. The zero-order valence-electron chi connectivity index (χ0n) is 8.14. The summed E-state index contributed by atoms with van der Waals surface area (Å²) in [4.78, 5) is 3.85. The van der Waals surface area contributed by atoms with E-state index in [1.807, 2.05) is 0 Å². The molecule has 1 heterocycles. The van der Waals surface area contributed by atoms with E-state index in [0.717, 1.165) is 0 Å². The molecule has 0 unspecified atom stereocenters. The quantitative estimate of drug-likeness (QED) is 0.769. The number of pyridine rings is 1. The third-order valence-corrected chi connectivity index (χ3v) is 2.17. The van der Waals surface area contributed by atoms with Gasteiger partial charge in [0.15, 0.2) is 0 Å². The van der Waals surface area contributed by atoms with Crippen LogP contribution in [0.5, 0.6) is 0 Å². The highest BCUT2D eigenvalue weighted by atomic mass is 35.5. The van der Waals surface area contributed by atoms with Crippen molar-refractivity contribution >= 4 is 17.3 Å². The number of hydrogen-bond donors (Lipinski definition) is 1. The van der Waals surface area contributed by atoms with Gasteiger partial charge in [-0.15, -0.1) is 0 Å². The van der Waals surface area contributed by atoms with Crippen LogP contribution in [0.4, 0.5) is 4.39 Å². The molecule has 2 nitrogen and oxygen atoms in total. The molecule has 0 aliphatic heterocycles. The molecule has 0 aromatic carbocycles. The summed E-state index contributed by atoms with van der Waals surface area (Å²) in [5, 5.41) is 0.241. The third-order valence-electron chi connectivity index (χ3n) is 1.87. The molecule has 14 heavy (non-hydrogen) atoms. The van der Waals surface area contributed by atoms with Crippen LogP contribution >= 0.6 is 11.6 Å². The topological polar surface area (TPSA) is 38.9 Å². The first-order valence-electron chi connectivity index (χ1n) is 4.12. The number of alkyl halides is 1. The number of rotatable bonds is 2. The van der Waals surface area contributed by atoms with E-state index in [9.17, 15) is 4.39 Å². The van der Waals surface area contributed by atoms with Crippen LogP contribution in [-0.4, -0.2) is 4.98 Å². The highest BCUT2D eigenvalue weighted by molar-refractivity contribution is 6.31. The lowest BCUT2D eigenvalue weighted by Crippen LogP contribution is -2.11. The van der Waals surface area contributed by atoms with E-state index in [4.69, 9.17) is 17.3 Å². The van der Waals surface area contributed by atoms with Gasteiger partial charge in [0.1, 0.15) is 10.8 Å². The zero-order valence-corrected chi connectivity index (χ0v) is 8.90.